The fourth-order valence-electron chi connectivity index (χ4n) is 2.47. The Morgan fingerprint density at radius 1 is 1.17 bits per heavy atom. The minimum absolute atomic E-state index is 0.722. The molecule has 0 saturated carbocycles. The largest absolute Gasteiger partial charge is 0.384 e. The van der Waals surface area contributed by atoms with E-state index in [1.807, 2.05) is 6.92 Å². The van der Waals surface area contributed by atoms with Crippen LogP contribution in [-0.2, 0) is 11.2 Å². The van der Waals surface area contributed by atoms with Crippen LogP contribution in [0.25, 0.3) is 21.3 Å². The van der Waals surface area contributed by atoms with Crippen molar-refractivity contribution in [2.45, 2.75) is 25.3 Å². The van der Waals surface area contributed by atoms with Crippen LogP contribution in [0.2, 0.25) is 0 Å². The second kappa shape index (κ2) is 7.43. The highest BCUT2D eigenvalue weighted by molar-refractivity contribution is 7.99. The zero-order valence-electron chi connectivity index (χ0n) is 13.6. The van der Waals surface area contributed by atoms with Gasteiger partial charge in [-0.1, -0.05) is 31.2 Å². The molecule has 23 heavy (non-hydrogen) atoms. The SMILES string of the molecule is CCc1ccc(-c2csc3nc(C)nc(SCCOC)c23)cc1. The molecule has 0 aliphatic heterocycles. The van der Waals surface area contributed by atoms with Crippen molar-refractivity contribution in [3.05, 3.63) is 41.0 Å². The lowest BCUT2D eigenvalue weighted by Gasteiger charge is -2.07. The third kappa shape index (κ3) is 3.57. The first-order valence-electron chi connectivity index (χ1n) is 7.69. The van der Waals surface area contributed by atoms with Crippen LogP contribution in [0.3, 0.4) is 0 Å². The van der Waals surface area contributed by atoms with E-state index in [1.165, 1.54) is 22.1 Å². The first-order chi connectivity index (χ1) is 11.2. The fraction of sp³-hybridized carbons (Fsp3) is 0.333. The minimum Gasteiger partial charge on any atom is -0.384 e. The molecule has 0 aliphatic rings. The van der Waals surface area contributed by atoms with E-state index in [0.717, 1.165) is 34.5 Å². The Hall–Kier alpha value is -1.43. The topological polar surface area (TPSA) is 35.0 Å². The van der Waals surface area contributed by atoms with Crippen molar-refractivity contribution in [1.82, 2.24) is 9.97 Å². The predicted molar refractivity (Wildman–Crippen MR) is 99.6 cm³/mol. The van der Waals surface area contributed by atoms with Crippen molar-refractivity contribution in [2.24, 2.45) is 0 Å². The molecule has 2 heterocycles. The Balaban J connectivity index is 2.06. The van der Waals surface area contributed by atoms with Crippen molar-refractivity contribution in [2.75, 3.05) is 19.5 Å². The van der Waals surface area contributed by atoms with Gasteiger partial charge in [-0.2, -0.15) is 0 Å². The Bertz CT molecular complexity index is 797. The summed E-state index contributed by atoms with van der Waals surface area (Å²) in [5.74, 6) is 1.72. The third-order valence-corrected chi connectivity index (χ3v) is 5.52. The van der Waals surface area contributed by atoms with Crippen LogP contribution < -0.4 is 0 Å². The molecule has 0 unspecified atom stereocenters. The summed E-state index contributed by atoms with van der Waals surface area (Å²) in [6.07, 6.45) is 1.06. The zero-order valence-corrected chi connectivity index (χ0v) is 15.3. The maximum Gasteiger partial charge on any atom is 0.128 e. The van der Waals surface area contributed by atoms with Crippen LogP contribution >= 0.6 is 23.1 Å². The molecular weight excluding hydrogens is 324 g/mol. The van der Waals surface area contributed by atoms with E-state index in [2.05, 4.69) is 46.5 Å². The smallest absolute Gasteiger partial charge is 0.128 e. The van der Waals surface area contributed by atoms with E-state index in [1.54, 1.807) is 30.2 Å². The Morgan fingerprint density at radius 2 is 1.96 bits per heavy atom. The van der Waals surface area contributed by atoms with Gasteiger partial charge in [0.2, 0.25) is 0 Å². The number of thioether (sulfide) groups is 1. The highest BCUT2D eigenvalue weighted by Crippen LogP contribution is 2.38. The van der Waals surface area contributed by atoms with Crippen LogP contribution in [0.5, 0.6) is 0 Å². The maximum absolute atomic E-state index is 5.17. The summed E-state index contributed by atoms with van der Waals surface area (Å²) >= 11 is 3.43. The van der Waals surface area contributed by atoms with Gasteiger partial charge in [0.15, 0.2) is 0 Å². The lowest BCUT2D eigenvalue weighted by molar-refractivity contribution is 0.218. The number of aromatic nitrogens is 2. The molecule has 2 aromatic heterocycles. The van der Waals surface area contributed by atoms with Gasteiger partial charge >= 0.3 is 0 Å². The molecule has 0 atom stereocenters. The lowest BCUT2D eigenvalue weighted by atomic mass is 10.0. The van der Waals surface area contributed by atoms with Crippen LogP contribution in [0, 0.1) is 6.92 Å². The summed E-state index contributed by atoms with van der Waals surface area (Å²) in [5.41, 5.74) is 3.82. The average molecular weight is 345 g/mol. The molecule has 0 saturated heterocycles. The van der Waals surface area contributed by atoms with Gasteiger partial charge in [-0.05, 0) is 24.5 Å². The van der Waals surface area contributed by atoms with Crippen molar-refractivity contribution in [1.29, 1.82) is 0 Å². The van der Waals surface area contributed by atoms with Crippen LogP contribution in [0.1, 0.15) is 18.3 Å². The highest BCUT2D eigenvalue weighted by Gasteiger charge is 2.14. The Kier molecular flexibility index (Phi) is 5.30. The van der Waals surface area contributed by atoms with Crippen LogP contribution in [0.4, 0.5) is 0 Å². The molecule has 0 spiro atoms. The van der Waals surface area contributed by atoms with E-state index in [9.17, 15) is 0 Å². The zero-order chi connectivity index (χ0) is 16.2. The number of fused-ring (bicyclic) bond motifs is 1. The van der Waals surface area contributed by atoms with Crippen molar-refractivity contribution < 1.29 is 4.74 Å². The number of hydrogen-bond acceptors (Lipinski definition) is 5. The molecule has 0 N–H and O–H groups in total. The van der Waals surface area contributed by atoms with E-state index in [4.69, 9.17) is 4.74 Å². The lowest BCUT2D eigenvalue weighted by Crippen LogP contribution is -1.95. The third-order valence-electron chi connectivity index (χ3n) is 3.71. The van der Waals surface area contributed by atoms with Gasteiger partial charge in [-0.25, -0.2) is 9.97 Å². The summed E-state index contributed by atoms with van der Waals surface area (Å²) in [6.45, 7) is 4.85. The Labute approximate surface area is 145 Å². The van der Waals surface area contributed by atoms with Crippen molar-refractivity contribution >= 4 is 33.3 Å². The molecule has 0 bridgehead atoms. The number of benzene rings is 1. The quantitative estimate of drug-likeness (QED) is 0.359. The molecule has 0 amide bonds. The van der Waals surface area contributed by atoms with Crippen molar-refractivity contribution in [3.63, 3.8) is 0 Å². The molecule has 0 aliphatic carbocycles. The van der Waals surface area contributed by atoms with Gasteiger partial charge in [-0.15, -0.1) is 23.1 Å². The number of methoxy groups -OCH3 is 1. The van der Waals surface area contributed by atoms with Gasteiger partial charge in [0.05, 0.1) is 12.0 Å². The van der Waals surface area contributed by atoms with Gasteiger partial charge < -0.3 is 4.74 Å². The van der Waals surface area contributed by atoms with E-state index < -0.39 is 0 Å². The summed E-state index contributed by atoms with van der Waals surface area (Å²) in [5, 5.41) is 4.42. The molecule has 3 nitrogen and oxygen atoms in total. The van der Waals surface area contributed by atoms with Gasteiger partial charge in [0, 0.05) is 23.8 Å². The number of hydrogen-bond donors (Lipinski definition) is 0. The van der Waals surface area contributed by atoms with Gasteiger partial charge in [0.25, 0.3) is 0 Å². The van der Waals surface area contributed by atoms with E-state index in [-0.39, 0.29) is 0 Å². The van der Waals surface area contributed by atoms with Gasteiger partial charge in [0.1, 0.15) is 15.7 Å². The molecule has 3 rings (SSSR count). The van der Waals surface area contributed by atoms with E-state index in [0.29, 0.717) is 0 Å². The Morgan fingerprint density at radius 3 is 2.65 bits per heavy atom. The van der Waals surface area contributed by atoms with Gasteiger partial charge in [-0.3, -0.25) is 0 Å². The minimum atomic E-state index is 0.722. The summed E-state index contributed by atoms with van der Waals surface area (Å²) in [6, 6.07) is 8.80. The number of thiophene rings is 1. The standard InChI is InChI=1S/C18H20N2OS2/c1-4-13-5-7-14(8-6-13)15-11-23-18-16(15)17(19-12(2)20-18)22-10-9-21-3/h5-8,11H,4,9-10H2,1-3H3. The molecule has 0 radical (unpaired) electrons. The number of rotatable bonds is 6. The molecule has 120 valence electrons. The monoisotopic (exact) mass is 344 g/mol. The second-order valence-electron chi connectivity index (χ2n) is 5.30. The number of ether oxygens (including phenoxy) is 1. The summed E-state index contributed by atoms with van der Waals surface area (Å²) in [7, 11) is 1.73. The van der Waals surface area contributed by atoms with Crippen LogP contribution in [-0.4, -0.2) is 29.4 Å². The summed E-state index contributed by atoms with van der Waals surface area (Å²) < 4.78 is 5.17. The second-order valence-corrected chi connectivity index (χ2v) is 7.24. The molecular formula is C18H20N2OS2. The predicted octanol–water partition coefficient (Wildman–Crippen LogP) is 4.97. The summed E-state index contributed by atoms with van der Waals surface area (Å²) in [4.78, 5) is 10.3. The first kappa shape index (κ1) is 16.4. The van der Waals surface area contributed by atoms with E-state index >= 15 is 0 Å². The molecule has 0 fully saturated rings. The normalized spacial score (nSPS) is 11.3. The molecule has 3 aromatic rings. The molecule has 5 heteroatoms. The average Bonchev–Trinajstić information content (AvgIpc) is 2.99. The van der Waals surface area contributed by atoms with Crippen LogP contribution in [0.15, 0.2) is 34.7 Å². The molecule has 1 aromatic carbocycles. The fourth-order valence-corrected chi connectivity index (χ4v) is 4.52. The number of nitrogens with zero attached hydrogens (tertiary/aromatic N) is 2. The highest BCUT2D eigenvalue weighted by atomic mass is 32.2. The maximum atomic E-state index is 5.17. The first-order valence-corrected chi connectivity index (χ1v) is 9.56. The van der Waals surface area contributed by atoms with Crippen molar-refractivity contribution in [3.8, 4) is 11.1 Å². The number of aryl methyl sites for hydroxylation is 2.